The van der Waals surface area contributed by atoms with Crippen LogP contribution in [0, 0.1) is 12.7 Å². The van der Waals surface area contributed by atoms with Crippen molar-refractivity contribution in [2.75, 3.05) is 17.7 Å². The summed E-state index contributed by atoms with van der Waals surface area (Å²) in [4.78, 5) is 25.1. The van der Waals surface area contributed by atoms with Crippen LogP contribution in [-0.4, -0.2) is 18.9 Å². The van der Waals surface area contributed by atoms with Crippen LogP contribution in [0.3, 0.4) is 0 Å². The number of benzene rings is 3. The second-order valence-electron chi connectivity index (χ2n) is 6.88. The van der Waals surface area contributed by atoms with Gasteiger partial charge in [-0.3, -0.25) is 9.59 Å². The first-order valence-electron chi connectivity index (χ1n) is 9.50. The Kier molecular flexibility index (Phi) is 5.41. The molecule has 0 unspecified atom stereocenters. The molecule has 1 aromatic heterocycles. The third-order valence-electron chi connectivity index (χ3n) is 4.86. The Morgan fingerprint density at radius 2 is 1.68 bits per heavy atom. The molecule has 0 bridgehead atoms. The second-order valence-corrected chi connectivity index (χ2v) is 6.88. The lowest BCUT2D eigenvalue weighted by molar-refractivity contribution is 0.0996. The maximum Gasteiger partial charge on any atom is 0.291 e. The molecule has 2 N–H and O–H groups in total. The lowest BCUT2D eigenvalue weighted by Crippen LogP contribution is -2.14. The second kappa shape index (κ2) is 8.31. The minimum atomic E-state index is -0.458. The monoisotopic (exact) mass is 418 g/mol. The number of hydrogen-bond donors (Lipinski definition) is 2. The molecule has 156 valence electrons. The average Bonchev–Trinajstić information content (AvgIpc) is 3.10. The van der Waals surface area contributed by atoms with Crippen molar-refractivity contribution >= 4 is 34.2 Å². The van der Waals surface area contributed by atoms with E-state index in [9.17, 15) is 14.0 Å². The third-order valence-corrected chi connectivity index (χ3v) is 4.86. The number of aryl methyl sites for hydroxylation is 1. The Labute approximate surface area is 177 Å². The smallest absolute Gasteiger partial charge is 0.291 e. The van der Waals surface area contributed by atoms with Crippen LogP contribution in [0.15, 0.2) is 71.1 Å². The van der Waals surface area contributed by atoms with Gasteiger partial charge in [0.05, 0.1) is 12.8 Å². The van der Waals surface area contributed by atoms with Crippen molar-refractivity contribution in [3.05, 3.63) is 89.4 Å². The molecule has 1 heterocycles. The van der Waals surface area contributed by atoms with E-state index in [0.29, 0.717) is 39.2 Å². The maximum absolute atomic E-state index is 13.5. The Morgan fingerprint density at radius 1 is 0.935 bits per heavy atom. The van der Waals surface area contributed by atoms with Gasteiger partial charge >= 0.3 is 0 Å². The summed E-state index contributed by atoms with van der Waals surface area (Å²) in [6, 6.07) is 17.6. The van der Waals surface area contributed by atoms with Crippen LogP contribution in [0.4, 0.5) is 15.8 Å². The van der Waals surface area contributed by atoms with E-state index in [-0.39, 0.29) is 11.7 Å². The van der Waals surface area contributed by atoms with Gasteiger partial charge in [-0.2, -0.15) is 0 Å². The molecule has 31 heavy (non-hydrogen) atoms. The van der Waals surface area contributed by atoms with Crippen molar-refractivity contribution in [1.29, 1.82) is 0 Å². The molecule has 2 amide bonds. The number of amides is 2. The van der Waals surface area contributed by atoms with Crippen molar-refractivity contribution < 1.29 is 23.1 Å². The molecule has 6 nitrogen and oxygen atoms in total. The van der Waals surface area contributed by atoms with E-state index >= 15 is 0 Å². The zero-order valence-electron chi connectivity index (χ0n) is 16.9. The van der Waals surface area contributed by atoms with E-state index in [1.54, 1.807) is 49.4 Å². The Morgan fingerprint density at radius 3 is 2.42 bits per heavy atom. The van der Waals surface area contributed by atoms with Gasteiger partial charge in [-0.05, 0) is 61.5 Å². The van der Waals surface area contributed by atoms with Gasteiger partial charge in [0, 0.05) is 22.2 Å². The predicted molar refractivity (Wildman–Crippen MR) is 116 cm³/mol. The molecule has 0 saturated heterocycles. The topological polar surface area (TPSA) is 80.6 Å². The van der Waals surface area contributed by atoms with E-state index in [2.05, 4.69) is 10.6 Å². The molecule has 4 aromatic rings. The molecular weight excluding hydrogens is 399 g/mol. The summed E-state index contributed by atoms with van der Waals surface area (Å²) in [6.07, 6.45) is 0. The number of anilines is 2. The van der Waals surface area contributed by atoms with Crippen LogP contribution >= 0.6 is 0 Å². The van der Waals surface area contributed by atoms with Crippen molar-refractivity contribution in [1.82, 2.24) is 0 Å². The molecule has 0 radical (unpaired) electrons. The molecule has 0 aliphatic heterocycles. The molecule has 0 spiro atoms. The quantitative estimate of drug-likeness (QED) is 0.455. The Balaban J connectivity index is 1.48. The van der Waals surface area contributed by atoms with Gasteiger partial charge in [0.15, 0.2) is 5.76 Å². The highest BCUT2D eigenvalue weighted by molar-refractivity contribution is 6.07. The van der Waals surface area contributed by atoms with Gasteiger partial charge in [-0.25, -0.2) is 4.39 Å². The van der Waals surface area contributed by atoms with Gasteiger partial charge in [0.25, 0.3) is 11.8 Å². The number of carbonyl (C=O) groups excluding carboxylic acids is 2. The lowest BCUT2D eigenvalue weighted by atomic mass is 10.1. The fourth-order valence-electron chi connectivity index (χ4n) is 3.24. The average molecular weight is 418 g/mol. The zero-order chi connectivity index (χ0) is 22.0. The number of fused-ring (bicyclic) bond motifs is 1. The van der Waals surface area contributed by atoms with Gasteiger partial charge in [0.1, 0.15) is 17.1 Å². The highest BCUT2D eigenvalue weighted by Crippen LogP contribution is 2.27. The molecule has 0 fully saturated rings. The first-order valence-corrected chi connectivity index (χ1v) is 9.50. The Hall–Kier alpha value is -4.13. The van der Waals surface area contributed by atoms with Crippen molar-refractivity contribution in [3.8, 4) is 5.75 Å². The number of ether oxygens (including phenoxy) is 1. The maximum atomic E-state index is 13.5. The number of hydrogen-bond acceptors (Lipinski definition) is 4. The summed E-state index contributed by atoms with van der Waals surface area (Å²) >= 11 is 0. The van der Waals surface area contributed by atoms with Gasteiger partial charge in [-0.1, -0.05) is 12.1 Å². The molecule has 0 saturated carbocycles. The number of furan rings is 1. The van der Waals surface area contributed by atoms with Gasteiger partial charge < -0.3 is 19.8 Å². The molecule has 0 aliphatic carbocycles. The number of methoxy groups -OCH3 is 1. The van der Waals surface area contributed by atoms with E-state index in [4.69, 9.17) is 9.15 Å². The summed E-state index contributed by atoms with van der Waals surface area (Å²) in [6.45, 7) is 1.70. The predicted octanol–water partition coefficient (Wildman–Crippen LogP) is 5.39. The van der Waals surface area contributed by atoms with Gasteiger partial charge in [-0.15, -0.1) is 0 Å². The van der Waals surface area contributed by atoms with Crippen molar-refractivity contribution in [2.24, 2.45) is 0 Å². The third kappa shape index (κ3) is 4.11. The normalized spacial score (nSPS) is 10.7. The van der Waals surface area contributed by atoms with Crippen LogP contribution < -0.4 is 15.4 Å². The number of para-hydroxylation sites is 2. The van der Waals surface area contributed by atoms with E-state index < -0.39 is 11.7 Å². The van der Waals surface area contributed by atoms with Crippen LogP contribution in [0.2, 0.25) is 0 Å². The fraction of sp³-hybridized carbons (Fsp3) is 0.0833. The van der Waals surface area contributed by atoms with Crippen molar-refractivity contribution in [2.45, 2.75) is 6.92 Å². The zero-order valence-corrected chi connectivity index (χ0v) is 16.9. The summed E-state index contributed by atoms with van der Waals surface area (Å²) in [5, 5.41) is 6.07. The first-order chi connectivity index (χ1) is 15.0. The van der Waals surface area contributed by atoms with E-state index in [1.807, 2.05) is 6.07 Å². The molecule has 4 rings (SSSR count). The Bertz CT molecular complexity index is 1280. The van der Waals surface area contributed by atoms with Crippen LogP contribution in [0.5, 0.6) is 5.75 Å². The van der Waals surface area contributed by atoms with Gasteiger partial charge in [0.2, 0.25) is 0 Å². The van der Waals surface area contributed by atoms with E-state index in [1.165, 1.54) is 25.3 Å². The summed E-state index contributed by atoms with van der Waals surface area (Å²) in [5.74, 6) is -0.498. The number of carbonyl (C=O) groups is 2. The number of nitrogens with one attached hydrogen (secondary N) is 2. The molecule has 0 atom stereocenters. The van der Waals surface area contributed by atoms with Crippen molar-refractivity contribution in [3.63, 3.8) is 0 Å². The largest absolute Gasteiger partial charge is 0.495 e. The summed E-state index contributed by atoms with van der Waals surface area (Å²) in [5.41, 5.74) is 2.46. The van der Waals surface area contributed by atoms with Crippen LogP contribution in [0.25, 0.3) is 11.0 Å². The molecular formula is C24H19FN2O4. The SMILES string of the molecule is COc1ccccc1NC(=O)c1ccc(NC(=O)c2oc3ccc(F)cc3c2C)cc1. The summed E-state index contributed by atoms with van der Waals surface area (Å²) in [7, 11) is 1.53. The van der Waals surface area contributed by atoms with Crippen LogP contribution in [0.1, 0.15) is 26.5 Å². The standard InChI is InChI=1S/C24H19FN2O4/c1-14-18-13-16(25)9-12-20(18)31-22(14)24(29)26-17-10-7-15(8-11-17)23(28)27-19-5-3-4-6-21(19)30-2/h3-13H,1-2H3,(H,26,29)(H,27,28). The van der Waals surface area contributed by atoms with Crippen LogP contribution in [-0.2, 0) is 0 Å². The minimum Gasteiger partial charge on any atom is -0.495 e. The fourth-order valence-corrected chi connectivity index (χ4v) is 3.24. The summed E-state index contributed by atoms with van der Waals surface area (Å²) < 4.78 is 24.3. The number of halogens is 1. The highest BCUT2D eigenvalue weighted by Gasteiger charge is 2.18. The first kappa shape index (κ1) is 20.2. The highest BCUT2D eigenvalue weighted by atomic mass is 19.1. The number of rotatable bonds is 5. The lowest BCUT2D eigenvalue weighted by Gasteiger charge is -2.10. The molecule has 7 heteroatoms. The minimum absolute atomic E-state index is 0.110. The molecule has 3 aromatic carbocycles. The van der Waals surface area contributed by atoms with E-state index in [0.717, 1.165) is 0 Å². The molecule has 0 aliphatic rings.